The molecular weight excluding hydrogens is 262 g/mol. The number of carbonyl (C=O) groups excluding carboxylic acids is 1. The van der Waals surface area contributed by atoms with Crippen molar-refractivity contribution >= 4 is 17.4 Å². The highest BCUT2D eigenvalue weighted by atomic mass is 35.5. The van der Waals surface area contributed by atoms with Gasteiger partial charge in [0, 0.05) is 17.0 Å². The molecule has 102 valence electrons. The number of rotatable bonds is 7. The van der Waals surface area contributed by atoms with Gasteiger partial charge in [0.15, 0.2) is 5.78 Å². The second-order valence-electron chi connectivity index (χ2n) is 4.37. The van der Waals surface area contributed by atoms with Gasteiger partial charge in [0.1, 0.15) is 11.7 Å². The Kier molecular flexibility index (Phi) is 6.38. The Morgan fingerprint density at radius 3 is 2.79 bits per heavy atom. The normalized spacial score (nSPS) is 11.7. The lowest BCUT2D eigenvalue weighted by atomic mass is 9.92. The summed E-state index contributed by atoms with van der Waals surface area (Å²) in [7, 11) is 1.52. The first kappa shape index (κ1) is 15.5. The van der Waals surface area contributed by atoms with Gasteiger partial charge in [0.05, 0.1) is 13.2 Å². The molecule has 1 unspecified atom stereocenters. The summed E-state index contributed by atoms with van der Waals surface area (Å²) in [5.41, 5.74) is 0.555. The van der Waals surface area contributed by atoms with Crippen molar-refractivity contribution in [2.24, 2.45) is 0 Å². The zero-order valence-corrected chi connectivity index (χ0v) is 12.0. The smallest absolute Gasteiger partial charge is 0.154 e. The van der Waals surface area contributed by atoms with E-state index in [1.165, 1.54) is 7.11 Å². The average molecular weight is 280 g/mol. The maximum absolute atomic E-state index is 12.1. The Morgan fingerprint density at radius 1 is 1.47 bits per heavy atom. The van der Waals surface area contributed by atoms with Crippen LogP contribution in [0.15, 0.2) is 18.2 Å². The van der Waals surface area contributed by atoms with Crippen molar-refractivity contribution in [2.75, 3.05) is 7.11 Å². The molecule has 0 fully saturated rings. The molecule has 0 saturated carbocycles. The number of Topliss-reactive ketones (excluding diaryl/α,β-unsaturated/α-hetero) is 1. The number of ether oxygens (including phenoxy) is 1. The molecule has 0 radical (unpaired) electrons. The Hall–Kier alpha value is -1.53. The van der Waals surface area contributed by atoms with E-state index in [9.17, 15) is 10.1 Å². The van der Waals surface area contributed by atoms with Gasteiger partial charge in [0.25, 0.3) is 0 Å². The predicted molar refractivity (Wildman–Crippen MR) is 75.5 cm³/mol. The lowest BCUT2D eigenvalue weighted by Gasteiger charge is -2.13. The van der Waals surface area contributed by atoms with Gasteiger partial charge < -0.3 is 4.74 Å². The van der Waals surface area contributed by atoms with Gasteiger partial charge in [-0.15, -0.1) is 0 Å². The number of halogens is 1. The van der Waals surface area contributed by atoms with Gasteiger partial charge >= 0.3 is 0 Å². The standard InChI is InChI=1S/C15H18ClNO2/c1-3-4-5-6-14(18)13(10-17)12-9-11(16)7-8-15(12)19-2/h7-9,13H,3-6H2,1-2H3. The zero-order chi connectivity index (χ0) is 14.3. The molecule has 1 atom stereocenters. The first-order chi connectivity index (χ1) is 9.13. The van der Waals surface area contributed by atoms with E-state index in [2.05, 4.69) is 13.0 Å². The monoisotopic (exact) mass is 279 g/mol. The van der Waals surface area contributed by atoms with E-state index in [1.54, 1.807) is 18.2 Å². The largest absolute Gasteiger partial charge is 0.496 e. The van der Waals surface area contributed by atoms with E-state index in [1.807, 2.05) is 0 Å². The molecule has 3 nitrogen and oxygen atoms in total. The van der Waals surface area contributed by atoms with Crippen LogP contribution in [0.25, 0.3) is 0 Å². The number of hydrogen-bond donors (Lipinski definition) is 0. The number of methoxy groups -OCH3 is 1. The summed E-state index contributed by atoms with van der Waals surface area (Å²) in [5.74, 6) is -0.346. The van der Waals surface area contributed by atoms with Crippen LogP contribution in [0.5, 0.6) is 5.75 Å². The number of carbonyl (C=O) groups is 1. The molecule has 1 rings (SSSR count). The molecular formula is C15H18ClNO2. The minimum atomic E-state index is -0.800. The third kappa shape index (κ3) is 4.25. The Morgan fingerprint density at radius 2 is 2.21 bits per heavy atom. The first-order valence-corrected chi connectivity index (χ1v) is 6.77. The maximum atomic E-state index is 12.1. The summed E-state index contributed by atoms with van der Waals surface area (Å²) < 4.78 is 5.20. The molecule has 0 N–H and O–H groups in total. The van der Waals surface area contributed by atoms with Crippen molar-refractivity contribution in [2.45, 2.75) is 38.5 Å². The van der Waals surface area contributed by atoms with Crippen LogP contribution in [-0.2, 0) is 4.79 Å². The summed E-state index contributed by atoms with van der Waals surface area (Å²) in [4.78, 5) is 12.1. The Bertz CT molecular complexity index is 480. The lowest BCUT2D eigenvalue weighted by molar-refractivity contribution is -0.119. The van der Waals surface area contributed by atoms with Crippen LogP contribution in [0.4, 0.5) is 0 Å². The number of benzene rings is 1. The molecule has 0 amide bonds. The molecule has 0 aliphatic heterocycles. The Labute approximate surface area is 119 Å². The van der Waals surface area contributed by atoms with Crippen LogP contribution in [0, 0.1) is 11.3 Å². The summed E-state index contributed by atoms with van der Waals surface area (Å²) in [6.45, 7) is 2.08. The topological polar surface area (TPSA) is 50.1 Å². The number of hydrogen-bond acceptors (Lipinski definition) is 3. The molecule has 1 aromatic carbocycles. The fraction of sp³-hybridized carbons (Fsp3) is 0.467. The van der Waals surface area contributed by atoms with E-state index < -0.39 is 5.92 Å². The molecule has 0 spiro atoms. The molecule has 1 aromatic rings. The molecule has 0 aliphatic carbocycles. The predicted octanol–water partition coefficient (Wildman–Crippen LogP) is 4.11. The number of ketones is 1. The minimum Gasteiger partial charge on any atom is -0.496 e. The van der Waals surface area contributed by atoms with Crippen LogP contribution in [0.3, 0.4) is 0 Å². The second-order valence-corrected chi connectivity index (χ2v) is 4.81. The van der Waals surface area contributed by atoms with Crippen molar-refractivity contribution in [1.82, 2.24) is 0 Å². The molecule has 19 heavy (non-hydrogen) atoms. The Balaban J connectivity index is 2.94. The van der Waals surface area contributed by atoms with E-state index >= 15 is 0 Å². The second kappa shape index (κ2) is 7.81. The van der Waals surface area contributed by atoms with E-state index in [0.29, 0.717) is 22.8 Å². The molecule has 0 bridgehead atoms. The highest BCUT2D eigenvalue weighted by molar-refractivity contribution is 6.30. The third-order valence-electron chi connectivity index (χ3n) is 2.98. The summed E-state index contributed by atoms with van der Waals surface area (Å²) >= 11 is 5.93. The number of nitriles is 1. The summed E-state index contributed by atoms with van der Waals surface area (Å²) in [5, 5.41) is 9.75. The van der Waals surface area contributed by atoms with Crippen molar-refractivity contribution in [3.05, 3.63) is 28.8 Å². The fourth-order valence-corrected chi connectivity index (χ4v) is 2.12. The van der Waals surface area contributed by atoms with Crippen LogP contribution in [0.2, 0.25) is 5.02 Å². The van der Waals surface area contributed by atoms with Gasteiger partial charge in [-0.3, -0.25) is 4.79 Å². The first-order valence-electron chi connectivity index (χ1n) is 6.39. The van der Waals surface area contributed by atoms with Crippen molar-refractivity contribution in [3.8, 4) is 11.8 Å². The summed E-state index contributed by atoms with van der Waals surface area (Å²) in [6.07, 6.45) is 3.28. The van der Waals surface area contributed by atoms with Crippen LogP contribution < -0.4 is 4.74 Å². The van der Waals surface area contributed by atoms with Gasteiger partial charge in [-0.2, -0.15) is 5.26 Å². The zero-order valence-electron chi connectivity index (χ0n) is 11.3. The van der Waals surface area contributed by atoms with Crippen LogP contribution >= 0.6 is 11.6 Å². The molecule has 4 heteroatoms. The fourth-order valence-electron chi connectivity index (χ4n) is 1.94. The van der Waals surface area contributed by atoms with E-state index in [-0.39, 0.29) is 5.78 Å². The summed E-state index contributed by atoms with van der Waals surface area (Å²) in [6, 6.07) is 7.05. The molecule has 0 aromatic heterocycles. The molecule has 0 heterocycles. The molecule has 0 saturated heterocycles. The maximum Gasteiger partial charge on any atom is 0.154 e. The minimum absolute atomic E-state index is 0.0727. The van der Waals surface area contributed by atoms with Gasteiger partial charge in [-0.1, -0.05) is 31.4 Å². The number of nitrogens with zero attached hydrogens (tertiary/aromatic N) is 1. The highest BCUT2D eigenvalue weighted by Gasteiger charge is 2.23. The van der Waals surface area contributed by atoms with E-state index in [4.69, 9.17) is 16.3 Å². The SMILES string of the molecule is CCCCCC(=O)C(C#N)c1cc(Cl)ccc1OC. The lowest BCUT2D eigenvalue weighted by Crippen LogP contribution is -2.12. The van der Waals surface area contributed by atoms with Gasteiger partial charge in [-0.05, 0) is 24.6 Å². The quantitative estimate of drug-likeness (QED) is 0.706. The van der Waals surface area contributed by atoms with Crippen LogP contribution in [-0.4, -0.2) is 12.9 Å². The molecule has 0 aliphatic rings. The van der Waals surface area contributed by atoms with Crippen LogP contribution in [0.1, 0.15) is 44.1 Å². The van der Waals surface area contributed by atoms with Gasteiger partial charge in [0.2, 0.25) is 0 Å². The highest BCUT2D eigenvalue weighted by Crippen LogP contribution is 2.30. The van der Waals surface area contributed by atoms with Crippen molar-refractivity contribution < 1.29 is 9.53 Å². The van der Waals surface area contributed by atoms with Gasteiger partial charge in [-0.25, -0.2) is 0 Å². The number of unbranched alkanes of at least 4 members (excludes halogenated alkanes) is 2. The third-order valence-corrected chi connectivity index (χ3v) is 3.22. The van der Waals surface area contributed by atoms with Crippen molar-refractivity contribution in [3.63, 3.8) is 0 Å². The van der Waals surface area contributed by atoms with Crippen molar-refractivity contribution in [1.29, 1.82) is 5.26 Å². The van der Waals surface area contributed by atoms with E-state index in [0.717, 1.165) is 19.3 Å². The average Bonchev–Trinajstić information content (AvgIpc) is 2.40.